The molecule has 0 saturated heterocycles. The molecule has 1 amide bonds. The van der Waals surface area contributed by atoms with Gasteiger partial charge in [0.1, 0.15) is 5.75 Å². The highest BCUT2D eigenvalue weighted by atomic mass is 19.2. The molecule has 0 saturated carbocycles. The van der Waals surface area contributed by atoms with Crippen molar-refractivity contribution in [2.24, 2.45) is 0 Å². The molecule has 0 heterocycles. The van der Waals surface area contributed by atoms with Crippen LogP contribution in [0.5, 0.6) is 5.75 Å². The highest BCUT2D eigenvalue weighted by Crippen LogP contribution is 2.19. The van der Waals surface area contributed by atoms with Gasteiger partial charge in [0.15, 0.2) is 17.5 Å². The van der Waals surface area contributed by atoms with Crippen LogP contribution in [0.1, 0.15) is 10.4 Å². The molecule has 0 spiro atoms. The van der Waals surface area contributed by atoms with Crippen LogP contribution >= 0.6 is 0 Å². The van der Waals surface area contributed by atoms with Gasteiger partial charge in [-0.15, -0.1) is 0 Å². The lowest BCUT2D eigenvalue weighted by molar-refractivity contribution is 0.102. The quantitative estimate of drug-likeness (QED) is 0.876. The Morgan fingerprint density at radius 2 is 1.75 bits per heavy atom. The van der Waals surface area contributed by atoms with Crippen molar-refractivity contribution >= 4 is 11.6 Å². The first-order chi connectivity index (χ1) is 9.51. The maximum Gasteiger partial charge on any atom is 0.255 e. The maximum absolute atomic E-state index is 13.0. The van der Waals surface area contributed by atoms with Gasteiger partial charge in [0.2, 0.25) is 0 Å². The van der Waals surface area contributed by atoms with Crippen molar-refractivity contribution in [1.29, 1.82) is 0 Å². The molecule has 2 aromatic rings. The van der Waals surface area contributed by atoms with E-state index in [1.807, 2.05) is 0 Å². The van der Waals surface area contributed by atoms with Crippen LogP contribution in [0, 0.1) is 17.5 Å². The molecule has 6 heteroatoms. The molecule has 0 fully saturated rings. The van der Waals surface area contributed by atoms with Crippen molar-refractivity contribution in [3.8, 4) is 5.75 Å². The second-order valence-corrected chi connectivity index (χ2v) is 3.94. The molecule has 0 aliphatic carbocycles. The first-order valence-corrected chi connectivity index (χ1v) is 5.61. The van der Waals surface area contributed by atoms with Crippen LogP contribution in [-0.4, -0.2) is 13.0 Å². The van der Waals surface area contributed by atoms with Crippen LogP contribution < -0.4 is 10.1 Å². The van der Waals surface area contributed by atoms with Gasteiger partial charge in [-0.25, -0.2) is 13.2 Å². The molecular formula is C14H10F3NO2. The monoisotopic (exact) mass is 281 g/mol. The molecule has 2 aromatic carbocycles. The molecule has 2 rings (SSSR count). The molecule has 0 aromatic heterocycles. The third-order valence-corrected chi connectivity index (χ3v) is 2.57. The van der Waals surface area contributed by atoms with E-state index in [-0.39, 0.29) is 5.56 Å². The smallest absolute Gasteiger partial charge is 0.255 e. The van der Waals surface area contributed by atoms with Crippen LogP contribution in [0.15, 0.2) is 36.4 Å². The number of methoxy groups -OCH3 is 1. The largest absolute Gasteiger partial charge is 0.497 e. The van der Waals surface area contributed by atoms with Gasteiger partial charge in [0.25, 0.3) is 5.91 Å². The van der Waals surface area contributed by atoms with Gasteiger partial charge < -0.3 is 10.1 Å². The Bertz CT molecular complexity index is 636. The van der Waals surface area contributed by atoms with Crippen molar-refractivity contribution in [2.45, 2.75) is 0 Å². The van der Waals surface area contributed by atoms with Gasteiger partial charge in [-0.05, 0) is 24.3 Å². The predicted octanol–water partition coefficient (Wildman–Crippen LogP) is 3.36. The minimum atomic E-state index is -1.61. The number of hydrogen-bond donors (Lipinski definition) is 1. The highest BCUT2D eigenvalue weighted by molar-refractivity contribution is 6.04. The normalized spacial score (nSPS) is 10.2. The predicted molar refractivity (Wildman–Crippen MR) is 67.3 cm³/mol. The van der Waals surface area contributed by atoms with E-state index >= 15 is 0 Å². The number of ether oxygens (including phenoxy) is 1. The number of rotatable bonds is 3. The van der Waals surface area contributed by atoms with Gasteiger partial charge in [-0.2, -0.15) is 0 Å². The van der Waals surface area contributed by atoms with Crippen molar-refractivity contribution in [3.05, 3.63) is 59.4 Å². The minimum Gasteiger partial charge on any atom is -0.497 e. The maximum atomic E-state index is 13.0. The van der Waals surface area contributed by atoms with Gasteiger partial charge >= 0.3 is 0 Å². The summed E-state index contributed by atoms with van der Waals surface area (Å²) >= 11 is 0. The second-order valence-electron chi connectivity index (χ2n) is 3.94. The number of carbonyl (C=O) groups excluding carboxylic acids is 1. The molecule has 0 aliphatic heterocycles. The SMILES string of the molecule is COc1cccc(NC(=O)c2cc(F)c(F)c(F)c2)c1. The Hall–Kier alpha value is -2.50. The van der Waals surface area contributed by atoms with Crippen molar-refractivity contribution < 1.29 is 22.7 Å². The Labute approximate surface area is 113 Å². The van der Waals surface area contributed by atoms with E-state index in [9.17, 15) is 18.0 Å². The van der Waals surface area contributed by atoms with Crippen LogP contribution in [0.3, 0.4) is 0 Å². The van der Waals surface area contributed by atoms with Crippen LogP contribution in [0.2, 0.25) is 0 Å². The summed E-state index contributed by atoms with van der Waals surface area (Å²) in [6, 6.07) is 7.69. The fraction of sp³-hybridized carbons (Fsp3) is 0.0714. The molecular weight excluding hydrogens is 271 g/mol. The Morgan fingerprint density at radius 1 is 1.10 bits per heavy atom. The van der Waals surface area contributed by atoms with Crippen molar-refractivity contribution in [2.75, 3.05) is 12.4 Å². The Kier molecular flexibility index (Phi) is 3.93. The standard InChI is InChI=1S/C14H10F3NO2/c1-20-10-4-2-3-9(7-10)18-14(19)8-5-11(15)13(17)12(16)6-8/h2-7H,1H3,(H,18,19). The molecule has 1 N–H and O–H groups in total. The molecule has 20 heavy (non-hydrogen) atoms. The summed E-state index contributed by atoms with van der Waals surface area (Å²) in [5, 5.41) is 2.43. The molecule has 0 unspecified atom stereocenters. The number of benzene rings is 2. The van der Waals surface area contributed by atoms with Crippen molar-refractivity contribution in [3.63, 3.8) is 0 Å². The van der Waals surface area contributed by atoms with Crippen LogP contribution in [0.25, 0.3) is 0 Å². The van der Waals surface area contributed by atoms with E-state index in [1.165, 1.54) is 13.2 Å². The average molecular weight is 281 g/mol. The van der Waals surface area contributed by atoms with E-state index in [0.717, 1.165) is 0 Å². The minimum absolute atomic E-state index is 0.316. The number of amides is 1. The van der Waals surface area contributed by atoms with E-state index in [4.69, 9.17) is 4.74 Å². The van der Waals surface area contributed by atoms with E-state index in [2.05, 4.69) is 5.32 Å². The van der Waals surface area contributed by atoms with E-state index in [0.29, 0.717) is 23.6 Å². The number of halogens is 3. The second kappa shape index (κ2) is 5.64. The number of carbonyl (C=O) groups is 1. The zero-order valence-electron chi connectivity index (χ0n) is 10.4. The summed E-state index contributed by atoms with van der Waals surface area (Å²) in [6.45, 7) is 0. The third kappa shape index (κ3) is 2.90. The average Bonchev–Trinajstić information content (AvgIpc) is 2.44. The van der Waals surface area contributed by atoms with Gasteiger partial charge in [-0.3, -0.25) is 4.79 Å². The fourth-order valence-corrected chi connectivity index (χ4v) is 1.59. The summed E-state index contributed by atoms with van der Waals surface area (Å²) in [7, 11) is 1.46. The first kappa shape index (κ1) is 13.9. The number of nitrogens with one attached hydrogen (secondary N) is 1. The lowest BCUT2D eigenvalue weighted by Gasteiger charge is -2.07. The molecule has 104 valence electrons. The topological polar surface area (TPSA) is 38.3 Å². The zero-order chi connectivity index (χ0) is 14.7. The van der Waals surface area contributed by atoms with Gasteiger partial charge in [0, 0.05) is 17.3 Å². The van der Waals surface area contributed by atoms with E-state index < -0.39 is 23.4 Å². The van der Waals surface area contributed by atoms with E-state index in [1.54, 1.807) is 18.2 Å². The molecule has 0 atom stereocenters. The van der Waals surface area contributed by atoms with Gasteiger partial charge in [-0.1, -0.05) is 6.07 Å². The summed E-state index contributed by atoms with van der Waals surface area (Å²) in [5.74, 6) is -4.68. The highest BCUT2D eigenvalue weighted by Gasteiger charge is 2.15. The third-order valence-electron chi connectivity index (χ3n) is 2.57. The fourth-order valence-electron chi connectivity index (χ4n) is 1.59. The van der Waals surface area contributed by atoms with Gasteiger partial charge in [0.05, 0.1) is 7.11 Å². The number of anilines is 1. The Balaban J connectivity index is 2.23. The first-order valence-electron chi connectivity index (χ1n) is 5.61. The lowest BCUT2D eigenvalue weighted by Crippen LogP contribution is -2.13. The zero-order valence-corrected chi connectivity index (χ0v) is 10.4. The molecule has 3 nitrogen and oxygen atoms in total. The summed E-state index contributed by atoms with van der Waals surface area (Å²) in [4.78, 5) is 11.8. The molecule has 0 radical (unpaired) electrons. The van der Waals surface area contributed by atoms with Crippen LogP contribution in [-0.2, 0) is 0 Å². The van der Waals surface area contributed by atoms with Crippen molar-refractivity contribution in [1.82, 2.24) is 0 Å². The number of hydrogen-bond acceptors (Lipinski definition) is 2. The molecule has 0 bridgehead atoms. The summed E-state index contributed by atoms with van der Waals surface area (Å²) in [6.07, 6.45) is 0. The van der Waals surface area contributed by atoms with Crippen LogP contribution in [0.4, 0.5) is 18.9 Å². The summed E-state index contributed by atoms with van der Waals surface area (Å²) < 4.78 is 43.9. The molecule has 0 aliphatic rings. The summed E-state index contributed by atoms with van der Waals surface area (Å²) in [5.41, 5.74) is 0.0729. The lowest BCUT2D eigenvalue weighted by atomic mass is 10.2. The Morgan fingerprint density at radius 3 is 2.35 bits per heavy atom.